The Bertz CT molecular complexity index is 952. The molecule has 0 aliphatic carbocycles. The van der Waals surface area contributed by atoms with Crippen LogP contribution in [0.5, 0.6) is 11.5 Å². The monoisotopic (exact) mass is 352 g/mol. The molecule has 1 heterocycles. The molecule has 0 atom stereocenters. The Labute approximate surface area is 153 Å². The Morgan fingerprint density at radius 1 is 1.19 bits per heavy atom. The number of aromatic nitrogens is 1. The summed E-state index contributed by atoms with van der Waals surface area (Å²) in [7, 11) is 3.20. The van der Waals surface area contributed by atoms with Crippen LogP contribution in [0.15, 0.2) is 71.4 Å². The first kappa shape index (κ1) is 19.1. The van der Waals surface area contributed by atoms with Crippen LogP contribution in [-0.4, -0.2) is 11.7 Å². The Balaban J connectivity index is 2.71. The number of anilines is 1. The van der Waals surface area contributed by atoms with Crippen LogP contribution in [0.2, 0.25) is 0 Å². The summed E-state index contributed by atoms with van der Waals surface area (Å²) in [5, 5.41) is 0. The largest absolute Gasteiger partial charge is 0.496 e. The standard InChI is InChI=1S/C21H24N2O3/c1-7-14(4)21(13(2)3)26-18-9-8-15(22)10-16(18)17-12-23(5)20(24)11-19(17)25-6/h7-12H,1-2,22H2,3-6H3/b21-14+. The number of aryl methyl sites for hydroxylation is 1. The quantitative estimate of drug-likeness (QED) is 0.484. The van der Waals surface area contributed by atoms with Crippen LogP contribution in [0.1, 0.15) is 13.8 Å². The number of rotatable bonds is 6. The van der Waals surface area contributed by atoms with E-state index in [-0.39, 0.29) is 5.56 Å². The molecule has 1 aromatic heterocycles. The molecule has 0 fully saturated rings. The van der Waals surface area contributed by atoms with Crippen LogP contribution in [0, 0.1) is 0 Å². The average molecular weight is 352 g/mol. The third kappa shape index (κ3) is 3.88. The molecule has 0 amide bonds. The van der Waals surface area contributed by atoms with Crippen molar-refractivity contribution in [1.29, 1.82) is 0 Å². The maximum atomic E-state index is 11.9. The summed E-state index contributed by atoms with van der Waals surface area (Å²) in [5.74, 6) is 1.66. The van der Waals surface area contributed by atoms with Gasteiger partial charge in [0.15, 0.2) is 0 Å². The number of allylic oxidation sites excluding steroid dienone is 3. The summed E-state index contributed by atoms with van der Waals surface area (Å²) in [4.78, 5) is 11.9. The van der Waals surface area contributed by atoms with Gasteiger partial charge in [-0.1, -0.05) is 19.2 Å². The van der Waals surface area contributed by atoms with E-state index >= 15 is 0 Å². The van der Waals surface area contributed by atoms with Gasteiger partial charge < -0.3 is 19.8 Å². The zero-order valence-corrected chi connectivity index (χ0v) is 15.6. The van der Waals surface area contributed by atoms with Crippen LogP contribution in [-0.2, 0) is 7.05 Å². The van der Waals surface area contributed by atoms with Gasteiger partial charge in [-0.15, -0.1) is 0 Å². The molecule has 26 heavy (non-hydrogen) atoms. The normalized spacial score (nSPS) is 11.5. The van der Waals surface area contributed by atoms with Crippen molar-refractivity contribution in [3.05, 3.63) is 77.0 Å². The van der Waals surface area contributed by atoms with Gasteiger partial charge in [0, 0.05) is 36.1 Å². The van der Waals surface area contributed by atoms with Crippen molar-refractivity contribution < 1.29 is 9.47 Å². The number of ether oxygens (including phenoxy) is 2. The molecule has 0 unspecified atom stereocenters. The Kier molecular flexibility index (Phi) is 5.72. The number of methoxy groups -OCH3 is 1. The number of nitrogens with zero attached hydrogens (tertiary/aromatic N) is 1. The van der Waals surface area contributed by atoms with Crippen LogP contribution in [0.3, 0.4) is 0 Å². The SMILES string of the molecule is C=C/C(C)=C(/Oc1ccc(N)cc1-c1cn(C)c(=O)cc1OC)C(=C)C. The molecular weight excluding hydrogens is 328 g/mol. The maximum Gasteiger partial charge on any atom is 0.254 e. The molecule has 5 nitrogen and oxygen atoms in total. The minimum Gasteiger partial charge on any atom is -0.496 e. The first-order valence-corrected chi connectivity index (χ1v) is 8.10. The molecule has 2 aromatic rings. The van der Waals surface area contributed by atoms with E-state index in [0.29, 0.717) is 34.1 Å². The van der Waals surface area contributed by atoms with E-state index in [9.17, 15) is 4.79 Å². The van der Waals surface area contributed by atoms with Gasteiger partial charge in [-0.05, 0) is 43.2 Å². The van der Waals surface area contributed by atoms with E-state index in [1.54, 1.807) is 37.5 Å². The van der Waals surface area contributed by atoms with Gasteiger partial charge in [0.2, 0.25) is 0 Å². The second-order valence-corrected chi connectivity index (χ2v) is 6.06. The fourth-order valence-electron chi connectivity index (χ4n) is 2.54. The van der Waals surface area contributed by atoms with Crippen molar-refractivity contribution >= 4 is 5.69 Å². The van der Waals surface area contributed by atoms with Gasteiger partial charge in [0.05, 0.1) is 7.11 Å². The van der Waals surface area contributed by atoms with E-state index in [1.807, 2.05) is 13.8 Å². The highest BCUT2D eigenvalue weighted by Crippen LogP contribution is 2.38. The fraction of sp³-hybridized carbons (Fsp3) is 0.190. The first-order valence-electron chi connectivity index (χ1n) is 8.10. The predicted octanol–water partition coefficient (Wildman–Crippen LogP) is 4.06. The van der Waals surface area contributed by atoms with Crippen molar-refractivity contribution in [2.24, 2.45) is 7.05 Å². The minimum absolute atomic E-state index is 0.165. The van der Waals surface area contributed by atoms with E-state index in [1.165, 1.54) is 17.7 Å². The first-order chi connectivity index (χ1) is 12.3. The summed E-state index contributed by atoms with van der Waals surface area (Å²) in [6.07, 6.45) is 3.42. The molecule has 5 heteroatoms. The highest BCUT2D eigenvalue weighted by atomic mass is 16.5. The molecule has 2 N–H and O–H groups in total. The van der Waals surface area contributed by atoms with Gasteiger partial charge in [0.25, 0.3) is 5.56 Å². The number of nitrogen functional groups attached to an aromatic ring is 1. The lowest BCUT2D eigenvalue weighted by Gasteiger charge is -2.18. The molecule has 0 saturated carbocycles. The molecule has 1 aromatic carbocycles. The molecule has 136 valence electrons. The minimum atomic E-state index is -0.165. The average Bonchev–Trinajstić information content (AvgIpc) is 2.61. The van der Waals surface area contributed by atoms with Crippen LogP contribution in [0.25, 0.3) is 11.1 Å². The number of nitrogens with two attached hydrogens (primary N) is 1. The highest BCUT2D eigenvalue weighted by Gasteiger charge is 2.16. The lowest BCUT2D eigenvalue weighted by Crippen LogP contribution is -2.15. The second-order valence-electron chi connectivity index (χ2n) is 6.06. The third-order valence-corrected chi connectivity index (χ3v) is 3.97. The Morgan fingerprint density at radius 2 is 1.88 bits per heavy atom. The van der Waals surface area contributed by atoms with E-state index in [2.05, 4.69) is 13.2 Å². The zero-order valence-electron chi connectivity index (χ0n) is 15.6. The number of benzene rings is 1. The van der Waals surface area contributed by atoms with Crippen molar-refractivity contribution in [1.82, 2.24) is 4.57 Å². The highest BCUT2D eigenvalue weighted by molar-refractivity contribution is 5.78. The lowest BCUT2D eigenvalue weighted by molar-refractivity contribution is 0.412. The smallest absolute Gasteiger partial charge is 0.254 e. The molecule has 0 aliphatic rings. The summed E-state index contributed by atoms with van der Waals surface area (Å²) < 4.78 is 13.0. The summed E-state index contributed by atoms with van der Waals surface area (Å²) in [5.41, 5.74) is 9.46. The summed E-state index contributed by atoms with van der Waals surface area (Å²) in [6, 6.07) is 6.77. The molecule has 0 saturated heterocycles. The number of hydrogen-bond acceptors (Lipinski definition) is 4. The second kappa shape index (κ2) is 7.78. The topological polar surface area (TPSA) is 66.5 Å². The van der Waals surface area contributed by atoms with Crippen molar-refractivity contribution in [3.8, 4) is 22.6 Å². The molecule has 0 spiro atoms. The van der Waals surface area contributed by atoms with Gasteiger partial charge in [-0.3, -0.25) is 4.79 Å². The fourth-order valence-corrected chi connectivity index (χ4v) is 2.54. The van der Waals surface area contributed by atoms with Gasteiger partial charge in [-0.2, -0.15) is 0 Å². The molecule has 0 bridgehead atoms. The van der Waals surface area contributed by atoms with Crippen molar-refractivity contribution in [2.75, 3.05) is 12.8 Å². The van der Waals surface area contributed by atoms with Crippen molar-refractivity contribution in [3.63, 3.8) is 0 Å². The molecule has 2 rings (SSSR count). The van der Waals surface area contributed by atoms with Crippen LogP contribution < -0.4 is 20.8 Å². The molecular formula is C21H24N2O3. The number of hydrogen-bond donors (Lipinski definition) is 1. The van der Waals surface area contributed by atoms with Gasteiger partial charge in [0.1, 0.15) is 17.3 Å². The van der Waals surface area contributed by atoms with Gasteiger partial charge >= 0.3 is 0 Å². The van der Waals surface area contributed by atoms with E-state index in [0.717, 1.165) is 11.1 Å². The van der Waals surface area contributed by atoms with E-state index in [4.69, 9.17) is 15.2 Å². The Morgan fingerprint density at radius 3 is 2.46 bits per heavy atom. The molecule has 0 aliphatic heterocycles. The van der Waals surface area contributed by atoms with Crippen LogP contribution >= 0.6 is 0 Å². The van der Waals surface area contributed by atoms with Gasteiger partial charge in [-0.25, -0.2) is 0 Å². The van der Waals surface area contributed by atoms with Crippen molar-refractivity contribution in [2.45, 2.75) is 13.8 Å². The Hall–Kier alpha value is -3.21. The summed E-state index contributed by atoms with van der Waals surface area (Å²) >= 11 is 0. The predicted molar refractivity (Wildman–Crippen MR) is 106 cm³/mol. The lowest BCUT2D eigenvalue weighted by atomic mass is 10.0. The maximum absolute atomic E-state index is 11.9. The molecule has 0 radical (unpaired) electrons. The summed E-state index contributed by atoms with van der Waals surface area (Å²) in [6.45, 7) is 11.5. The zero-order chi connectivity index (χ0) is 19.4. The number of pyridine rings is 1. The van der Waals surface area contributed by atoms with Crippen LogP contribution in [0.4, 0.5) is 5.69 Å². The van der Waals surface area contributed by atoms with E-state index < -0.39 is 0 Å². The third-order valence-electron chi connectivity index (χ3n) is 3.97.